The Kier molecular flexibility index (Phi) is 6.24. The minimum atomic E-state index is -0.440. The predicted octanol–water partition coefficient (Wildman–Crippen LogP) is 2.13. The molecule has 0 aliphatic carbocycles. The van der Waals surface area contributed by atoms with Gasteiger partial charge in [0.1, 0.15) is 12.3 Å². The lowest BCUT2D eigenvalue weighted by Gasteiger charge is -2.17. The maximum atomic E-state index is 12.8. The lowest BCUT2D eigenvalue weighted by atomic mass is 10.1. The predicted molar refractivity (Wildman–Crippen MR) is 110 cm³/mol. The van der Waals surface area contributed by atoms with E-state index in [1.807, 2.05) is 0 Å². The van der Waals surface area contributed by atoms with E-state index in [0.29, 0.717) is 24.5 Å². The molecule has 3 amide bonds. The van der Waals surface area contributed by atoms with Crippen molar-refractivity contribution < 1.29 is 28.6 Å². The summed E-state index contributed by atoms with van der Waals surface area (Å²) >= 11 is 0. The lowest BCUT2D eigenvalue weighted by Crippen LogP contribution is -2.36. The quantitative estimate of drug-likeness (QED) is 0.510. The molecule has 31 heavy (non-hydrogen) atoms. The van der Waals surface area contributed by atoms with Crippen molar-refractivity contribution in [3.63, 3.8) is 0 Å². The van der Waals surface area contributed by atoms with Crippen LogP contribution in [0.1, 0.15) is 43.9 Å². The first-order valence-corrected chi connectivity index (χ1v) is 10.1. The molecule has 0 radical (unpaired) electrons. The van der Waals surface area contributed by atoms with Gasteiger partial charge >= 0.3 is 0 Å². The molecule has 1 N–H and O–H groups in total. The van der Waals surface area contributed by atoms with Crippen molar-refractivity contribution in [1.29, 1.82) is 0 Å². The van der Waals surface area contributed by atoms with Crippen LogP contribution in [0.3, 0.4) is 0 Å². The van der Waals surface area contributed by atoms with Gasteiger partial charge in [0.2, 0.25) is 5.88 Å². The number of amides is 3. The smallest absolute Gasteiger partial charge is 0.261 e. The molecule has 4 rings (SSSR count). The molecule has 1 aromatic carbocycles. The van der Waals surface area contributed by atoms with Gasteiger partial charge in [-0.1, -0.05) is 0 Å². The number of benzene rings is 1. The number of anilines is 1. The molecular formula is C22H23N3O6. The number of carbonyl (C=O) groups excluding carboxylic acids is 3. The van der Waals surface area contributed by atoms with Crippen molar-refractivity contribution in [3.05, 3.63) is 53.2 Å². The summed E-state index contributed by atoms with van der Waals surface area (Å²) in [7, 11) is 1.56. The van der Waals surface area contributed by atoms with E-state index in [0.717, 1.165) is 12.8 Å². The molecule has 162 valence electrons. The molecule has 1 saturated heterocycles. The molecule has 9 heteroatoms. The van der Waals surface area contributed by atoms with E-state index in [-0.39, 0.29) is 42.2 Å². The Balaban J connectivity index is 1.49. The first-order chi connectivity index (χ1) is 15.1. The van der Waals surface area contributed by atoms with E-state index >= 15 is 0 Å². The van der Waals surface area contributed by atoms with Gasteiger partial charge in [0, 0.05) is 25.5 Å². The minimum Gasteiger partial charge on any atom is -0.474 e. The number of fused-ring (bicyclic) bond motifs is 1. The average Bonchev–Trinajstić information content (AvgIpc) is 3.38. The number of hydrogen-bond donors (Lipinski definition) is 1. The molecule has 0 bridgehead atoms. The fourth-order valence-corrected chi connectivity index (χ4v) is 3.61. The number of nitrogens with one attached hydrogen (secondary N) is 1. The number of rotatable bonds is 8. The Morgan fingerprint density at radius 3 is 2.84 bits per heavy atom. The first-order valence-electron chi connectivity index (χ1n) is 10.1. The maximum absolute atomic E-state index is 12.8. The van der Waals surface area contributed by atoms with Gasteiger partial charge in [0.05, 0.1) is 30.4 Å². The lowest BCUT2D eigenvalue weighted by molar-refractivity contribution is 0.0475. The van der Waals surface area contributed by atoms with Crippen molar-refractivity contribution in [2.45, 2.75) is 18.9 Å². The SMILES string of the molecule is COCCOc1ncccc1NC(=O)c1ccc2c(c1)C(=O)N(CC1CCCO1)C2=O. The normalized spacial score (nSPS) is 17.7. The number of pyridine rings is 1. The number of nitrogens with zero attached hydrogens (tertiary/aromatic N) is 2. The summed E-state index contributed by atoms with van der Waals surface area (Å²) in [4.78, 5) is 43.6. The highest BCUT2D eigenvalue weighted by Gasteiger charge is 2.38. The summed E-state index contributed by atoms with van der Waals surface area (Å²) < 4.78 is 16.0. The van der Waals surface area contributed by atoms with Gasteiger partial charge in [-0.3, -0.25) is 19.3 Å². The third-order valence-electron chi connectivity index (χ3n) is 5.19. The second-order valence-corrected chi connectivity index (χ2v) is 7.27. The molecule has 0 saturated carbocycles. The maximum Gasteiger partial charge on any atom is 0.261 e. The van der Waals surface area contributed by atoms with Gasteiger partial charge in [-0.25, -0.2) is 4.98 Å². The minimum absolute atomic E-state index is 0.132. The molecule has 2 aliphatic heterocycles. The van der Waals surface area contributed by atoms with E-state index in [2.05, 4.69) is 10.3 Å². The van der Waals surface area contributed by atoms with E-state index in [4.69, 9.17) is 14.2 Å². The third-order valence-corrected chi connectivity index (χ3v) is 5.19. The summed E-state index contributed by atoms with van der Waals surface area (Å²) in [6, 6.07) is 7.82. The van der Waals surface area contributed by atoms with E-state index in [1.54, 1.807) is 25.4 Å². The monoisotopic (exact) mass is 425 g/mol. The zero-order chi connectivity index (χ0) is 21.8. The Labute approximate surface area is 179 Å². The van der Waals surface area contributed by atoms with Gasteiger partial charge in [0.25, 0.3) is 17.7 Å². The second kappa shape index (κ2) is 9.23. The fraction of sp³-hybridized carbons (Fsp3) is 0.364. The zero-order valence-corrected chi connectivity index (χ0v) is 17.1. The number of imide groups is 1. The van der Waals surface area contributed by atoms with Crippen LogP contribution in [-0.4, -0.2) is 67.2 Å². The summed E-state index contributed by atoms with van der Waals surface area (Å²) in [5.74, 6) is -0.938. The molecule has 1 unspecified atom stereocenters. The topological polar surface area (TPSA) is 107 Å². The van der Waals surface area contributed by atoms with Gasteiger partial charge in [-0.05, 0) is 43.2 Å². The summed E-state index contributed by atoms with van der Waals surface area (Å²) in [6.45, 7) is 1.54. The fourth-order valence-electron chi connectivity index (χ4n) is 3.61. The van der Waals surface area contributed by atoms with Crippen LogP contribution in [0.25, 0.3) is 0 Å². The van der Waals surface area contributed by atoms with Gasteiger partial charge in [-0.15, -0.1) is 0 Å². The number of hydrogen-bond acceptors (Lipinski definition) is 7. The second-order valence-electron chi connectivity index (χ2n) is 7.27. The summed E-state index contributed by atoms with van der Waals surface area (Å²) in [6.07, 6.45) is 3.16. The van der Waals surface area contributed by atoms with E-state index in [9.17, 15) is 14.4 Å². The Bertz CT molecular complexity index is 1000. The standard InChI is InChI=1S/C22H23N3O6/c1-29-10-11-31-20-18(5-2-8-23-20)24-19(26)14-6-7-16-17(12-14)22(28)25(21(16)27)13-15-4-3-9-30-15/h2,5-8,12,15H,3-4,9-11,13H2,1H3,(H,24,26). The number of carbonyl (C=O) groups is 3. The Morgan fingerprint density at radius 1 is 1.23 bits per heavy atom. The molecular weight excluding hydrogens is 402 g/mol. The van der Waals surface area contributed by atoms with Gasteiger partial charge < -0.3 is 19.5 Å². The highest BCUT2D eigenvalue weighted by atomic mass is 16.5. The van der Waals surface area contributed by atoms with Crippen molar-refractivity contribution in [1.82, 2.24) is 9.88 Å². The molecule has 9 nitrogen and oxygen atoms in total. The van der Waals surface area contributed by atoms with Crippen LogP contribution in [0.2, 0.25) is 0 Å². The van der Waals surface area contributed by atoms with Crippen LogP contribution < -0.4 is 10.1 Å². The Morgan fingerprint density at radius 2 is 2.06 bits per heavy atom. The number of aromatic nitrogens is 1. The molecule has 2 aromatic rings. The first kappa shape index (κ1) is 21.0. The third kappa shape index (κ3) is 4.42. The van der Waals surface area contributed by atoms with E-state index < -0.39 is 11.8 Å². The number of methoxy groups -OCH3 is 1. The largest absolute Gasteiger partial charge is 0.474 e. The van der Waals surface area contributed by atoms with E-state index in [1.165, 1.54) is 23.1 Å². The summed E-state index contributed by atoms with van der Waals surface area (Å²) in [5.41, 5.74) is 1.17. The molecule has 1 atom stereocenters. The average molecular weight is 425 g/mol. The highest BCUT2D eigenvalue weighted by molar-refractivity contribution is 6.22. The van der Waals surface area contributed by atoms with Gasteiger partial charge in [0.15, 0.2) is 0 Å². The molecule has 1 aromatic heterocycles. The molecule has 0 spiro atoms. The Hall–Kier alpha value is -3.30. The highest BCUT2D eigenvalue weighted by Crippen LogP contribution is 2.27. The van der Waals surface area contributed by atoms with Crippen LogP contribution in [0, 0.1) is 0 Å². The molecule has 2 aliphatic rings. The van der Waals surface area contributed by atoms with Crippen molar-refractivity contribution in [2.75, 3.05) is 38.8 Å². The van der Waals surface area contributed by atoms with Crippen LogP contribution >= 0.6 is 0 Å². The molecule has 3 heterocycles. The van der Waals surface area contributed by atoms with Crippen molar-refractivity contribution in [2.24, 2.45) is 0 Å². The van der Waals surface area contributed by atoms with Crippen LogP contribution in [0.5, 0.6) is 5.88 Å². The van der Waals surface area contributed by atoms with Crippen molar-refractivity contribution in [3.8, 4) is 5.88 Å². The molecule has 1 fully saturated rings. The number of ether oxygens (including phenoxy) is 3. The van der Waals surface area contributed by atoms with Gasteiger partial charge in [-0.2, -0.15) is 0 Å². The van der Waals surface area contributed by atoms with Crippen molar-refractivity contribution >= 4 is 23.4 Å². The van der Waals surface area contributed by atoms with Crippen LogP contribution in [-0.2, 0) is 9.47 Å². The van der Waals surface area contributed by atoms with Crippen LogP contribution in [0.15, 0.2) is 36.5 Å². The van der Waals surface area contributed by atoms with Crippen LogP contribution in [0.4, 0.5) is 5.69 Å². The summed E-state index contributed by atoms with van der Waals surface area (Å²) in [5, 5.41) is 2.74. The zero-order valence-electron chi connectivity index (χ0n) is 17.1.